The number of fused-ring (bicyclic) bond motifs is 2. The van der Waals surface area contributed by atoms with E-state index in [4.69, 9.17) is 0 Å². The van der Waals surface area contributed by atoms with Gasteiger partial charge < -0.3 is 5.32 Å². The molecule has 5 nitrogen and oxygen atoms in total. The molecule has 1 N–H and O–H groups in total. The highest BCUT2D eigenvalue weighted by Gasteiger charge is 2.43. The molecule has 2 rings (SSSR count). The fraction of sp³-hybridized carbons (Fsp3) is 0.889. The number of nitrogens with zero attached hydrogens (tertiary/aromatic N) is 1. The first kappa shape index (κ1) is 10.9. The van der Waals surface area contributed by atoms with E-state index in [-0.39, 0.29) is 23.7 Å². The van der Waals surface area contributed by atoms with Crippen molar-refractivity contribution in [2.24, 2.45) is 0 Å². The molecule has 86 valence electrons. The van der Waals surface area contributed by atoms with Crippen LogP contribution in [0.3, 0.4) is 0 Å². The van der Waals surface area contributed by atoms with Crippen molar-refractivity contribution in [2.45, 2.75) is 38.3 Å². The van der Waals surface area contributed by atoms with Crippen LogP contribution in [0.4, 0.5) is 0 Å². The number of nitrogens with one attached hydrogen (secondary N) is 1. The Balaban J connectivity index is 2.29. The van der Waals surface area contributed by atoms with Crippen molar-refractivity contribution in [1.29, 1.82) is 0 Å². The molecule has 2 aliphatic rings. The molecule has 2 aliphatic heterocycles. The first-order chi connectivity index (χ1) is 7.04. The summed E-state index contributed by atoms with van der Waals surface area (Å²) >= 11 is 0. The predicted molar refractivity (Wildman–Crippen MR) is 55.7 cm³/mol. The normalized spacial score (nSPS) is 32.5. The van der Waals surface area contributed by atoms with Crippen molar-refractivity contribution < 1.29 is 13.2 Å². The number of amides is 1. The monoisotopic (exact) mass is 232 g/mol. The average molecular weight is 232 g/mol. The Morgan fingerprint density at radius 3 is 2.73 bits per heavy atom. The van der Waals surface area contributed by atoms with Gasteiger partial charge in [-0.25, -0.2) is 8.42 Å². The Labute approximate surface area is 89.9 Å². The summed E-state index contributed by atoms with van der Waals surface area (Å²) in [7, 11) is -3.16. The van der Waals surface area contributed by atoms with Crippen LogP contribution in [-0.2, 0) is 14.8 Å². The van der Waals surface area contributed by atoms with Gasteiger partial charge in [0, 0.05) is 25.0 Å². The van der Waals surface area contributed by atoms with Gasteiger partial charge in [-0.15, -0.1) is 0 Å². The second kappa shape index (κ2) is 3.75. The van der Waals surface area contributed by atoms with Crippen LogP contribution in [0.25, 0.3) is 0 Å². The van der Waals surface area contributed by atoms with E-state index >= 15 is 0 Å². The third-order valence-corrected chi connectivity index (χ3v) is 5.16. The minimum Gasteiger partial charge on any atom is -0.354 e. The van der Waals surface area contributed by atoms with E-state index < -0.39 is 10.0 Å². The number of rotatable bonds is 2. The zero-order valence-corrected chi connectivity index (χ0v) is 9.59. The Hall–Kier alpha value is -0.620. The maximum Gasteiger partial charge on any atom is 0.221 e. The van der Waals surface area contributed by atoms with Gasteiger partial charge in [0.2, 0.25) is 15.9 Å². The summed E-state index contributed by atoms with van der Waals surface area (Å²) in [5.41, 5.74) is 0. The van der Waals surface area contributed by atoms with Crippen LogP contribution in [0.15, 0.2) is 0 Å². The van der Waals surface area contributed by atoms with Crippen molar-refractivity contribution in [1.82, 2.24) is 9.62 Å². The van der Waals surface area contributed by atoms with Gasteiger partial charge in [0.1, 0.15) is 0 Å². The van der Waals surface area contributed by atoms with Crippen molar-refractivity contribution in [2.75, 3.05) is 12.3 Å². The van der Waals surface area contributed by atoms with Crippen LogP contribution in [0, 0.1) is 0 Å². The summed E-state index contributed by atoms with van der Waals surface area (Å²) in [4.78, 5) is 11.3. The van der Waals surface area contributed by atoms with Crippen LogP contribution in [0.2, 0.25) is 0 Å². The van der Waals surface area contributed by atoms with E-state index in [0.717, 1.165) is 12.8 Å². The van der Waals surface area contributed by atoms with Crippen molar-refractivity contribution in [3.8, 4) is 0 Å². The summed E-state index contributed by atoms with van der Waals surface area (Å²) < 4.78 is 25.3. The molecule has 2 heterocycles. The lowest BCUT2D eigenvalue weighted by Gasteiger charge is -2.25. The lowest BCUT2D eigenvalue weighted by atomic mass is 10.1. The fourth-order valence-electron chi connectivity index (χ4n) is 2.44. The van der Waals surface area contributed by atoms with Crippen molar-refractivity contribution in [3.05, 3.63) is 0 Å². The Morgan fingerprint density at radius 2 is 2.07 bits per heavy atom. The molecule has 0 radical (unpaired) electrons. The first-order valence-electron chi connectivity index (χ1n) is 5.32. The number of carbonyl (C=O) groups excluding carboxylic acids is 1. The molecular weight excluding hydrogens is 216 g/mol. The van der Waals surface area contributed by atoms with Crippen molar-refractivity contribution >= 4 is 15.9 Å². The van der Waals surface area contributed by atoms with Crippen LogP contribution in [0.5, 0.6) is 0 Å². The van der Waals surface area contributed by atoms with Gasteiger partial charge in [0.15, 0.2) is 0 Å². The second-order valence-electron chi connectivity index (χ2n) is 4.12. The van der Waals surface area contributed by atoms with Crippen LogP contribution >= 0.6 is 0 Å². The molecule has 0 spiro atoms. The zero-order chi connectivity index (χ0) is 11.1. The minimum atomic E-state index is -3.16. The number of carbonyl (C=O) groups is 1. The third-order valence-electron chi connectivity index (χ3n) is 3.19. The lowest BCUT2D eigenvalue weighted by molar-refractivity contribution is -0.121. The zero-order valence-electron chi connectivity index (χ0n) is 8.77. The molecule has 0 unspecified atom stereocenters. The molecule has 6 heteroatoms. The summed E-state index contributed by atoms with van der Waals surface area (Å²) in [6, 6.07) is -0.131. The lowest BCUT2D eigenvalue weighted by Crippen LogP contribution is -2.43. The smallest absolute Gasteiger partial charge is 0.221 e. The first-order valence-corrected chi connectivity index (χ1v) is 6.93. The number of hydrogen-bond donors (Lipinski definition) is 1. The summed E-state index contributed by atoms with van der Waals surface area (Å²) in [5, 5.41) is 2.76. The van der Waals surface area contributed by atoms with Gasteiger partial charge in [0.05, 0.1) is 5.75 Å². The Kier molecular flexibility index (Phi) is 2.72. The maximum atomic E-state index is 11.9. The quantitative estimate of drug-likeness (QED) is 0.710. The summed E-state index contributed by atoms with van der Waals surface area (Å²) in [6.07, 6.45) is 2.00. The van der Waals surface area contributed by atoms with Gasteiger partial charge in [-0.3, -0.25) is 4.79 Å². The molecule has 1 amide bonds. The Bertz CT molecular complexity index is 366. The van der Waals surface area contributed by atoms with Gasteiger partial charge in [-0.05, 0) is 19.8 Å². The van der Waals surface area contributed by atoms with E-state index in [1.807, 2.05) is 0 Å². The predicted octanol–water partition coefficient (Wildman–Crippen LogP) is -0.311. The van der Waals surface area contributed by atoms with E-state index in [1.54, 1.807) is 11.2 Å². The van der Waals surface area contributed by atoms with Crippen LogP contribution in [-0.4, -0.2) is 43.0 Å². The van der Waals surface area contributed by atoms with Crippen molar-refractivity contribution in [3.63, 3.8) is 0 Å². The second-order valence-corrected chi connectivity index (χ2v) is 6.29. The van der Waals surface area contributed by atoms with Gasteiger partial charge in [-0.1, -0.05) is 0 Å². The Morgan fingerprint density at radius 1 is 1.40 bits per heavy atom. The highest BCUT2D eigenvalue weighted by atomic mass is 32.2. The van der Waals surface area contributed by atoms with Crippen LogP contribution < -0.4 is 5.32 Å². The number of hydrogen-bond acceptors (Lipinski definition) is 3. The molecule has 2 fully saturated rings. The molecule has 0 aromatic rings. The molecule has 0 aromatic carbocycles. The topological polar surface area (TPSA) is 66.5 Å². The van der Waals surface area contributed by atoms with Gasteiger partial charge in [0.25, 0.3) is 0 Å². The van der Waals surface area contributed by atoms with Gasteiger partial charge in [-0.2, -0.15) is 4.31 Å². The minimum absolute atomic E-state index is 0.0219. The standard InChI is InChI=1S/C9H16N2O3S/c1-2-15(13,14)11-7-3-4-8(11)6-10-9(12)5-7/h7-8H,2-6H2,1H3,(H,10,12)/t7-,8-/m0/s1. The molecule has 2 atom stereocenters. The largest absolute Gasteiger partial charge is 0.354 e. The van der Waals surface area contributed by atoms with E-state index in [1.165, 1.54) is 0 Å². The fourth-order valence-corrected chi connectivity index (χ4v) is 4.01. The number of sulfonamides is 1. The molecule has 0 aromatic heterocycles. The third kappa shape index (κ3) is 1.88. The molecule has 0 aliphatic carbocycles. The summed E-state index contributed by atoms with van der Waals surface area (Å²) in [5.74, 6) is 0.0901. The molecular formula is C9H16N2O3S. The molecule has 0 saturated carbocycles. The SMILES string of the molecule is CCS(=O)(=O)N1[C@H]2CC[C@H]1CC(=O)NC2. The average Bonchev–Trinajstić information content (AvgIpc) is 2.49. The highest BCUT2D eigenvalue weighted by Crippen LogP contribution is 2.30. The van der Waals surface area contributed by atoms with Crippen LogP contribution in [0.1, 0.15) is 26.2 Å². The molecule has 2 bridgehead atoms. The maximum absolute atomic E-state index is 11.9. The highest BCUT2D eigenvalue weighted by molar-refractivity contribution is 7.89. The van der Waals surface area contributed by atoms with E-state index in [0.29, 0.717) is 13.0 Å². The molecule has 15 heavy (non-hydrogen) atoms. The summed E-state index contributed by atoms with van der Waals surface area (Å²) in [6.45, 7) is 2.11. The van der Waals surface area contributed by atoms with E-state index in [2.05, 4.69) is 5.32 Å². The van der Waals surface area contributed by atoms with Gasteiger partial charge >= 0.3 is 0 Å². The van der Waals surface area contributed by atoms with E-state index in [9.17, 15) is 13.2 Å². The molecule has 2 saturated heterocycles.